The molecule has 0 radical (unpaired) electrons. The highest BCUT2D eigenvalue weighted by Gasteiger charge is 2.32. The molecular weight excluding hydrogens is 376 g/mol. The van der Waals surface area contributed by atoms with Gasteiger partial charge in [0.05, 0.1) is 30.2 Å². The predicted octanol–water partition coefficient (Wildman–Crippen LogP) is 5.21. The first-order valence-electron chi connectivity index (χ1n) is 10.7. The molecule has 158 valence electrons. The van der Waals surface area contributed by atoms with Crippen molar-refractivity contribution in [3.8, 4) is 5.75 Å². The van der Waals surface area contributed by atoms with E-state index in [1.807, 2.05) is 53.4 Å². The molecule has 30 heavy (non-hydrogen) atoms. The third-order valence-electron chi connectivity index (χ3n) is 5.91. The summed E-state index contributed by atoms with van der Waals surface area (Å²) >= 11 is 0. The number of para-hydroxylation sites is 2. The summed E-state index contributed by atoms with van der Waals surface area (Å²) in [5, 5.41) is 3.28. The van der Waals surface area contributed by atoms with Crippen LogP contribution in [0.3, 0.4) is 0 Å². The van der Waals surface area contributed by atoms with Crippen molar-refractivity contribution in [3.63, 3.8) is 0 Å². The lowest BCUT2D eigenvalue weighted by atomic mass is 9.96. The minimum absolute atomic E-state index is 0.0326. The third-order valence-corrected chi connectivity index (χ3v) is 5.91. The molecule has 0 unspecified atom stereocenters. The fraction of sp³-hybridized carbons (Fsp3) is 0.417. The maximum Gasteiger partial charge on any atom is 0.318 e. The fourth-order valence-electron chi connectivity index (χ4n) is 4.25. The second-order valence-corrected chi connectivity index (χ2v) is 8.29. The standard InChI is InChI=1S/C24H30N4O2/c1-16(2)22(17-11-13-18(30-3)14-12-17)27-24(29)28-15-7-6-10-21(28)23-25-19-8-4-5-9-20(19)26-23/h4-5,8-9,11-14,16,21-22H,6-7,10,15H2,1-3H3,(H,25,26)(H,27,29)/t21-,22-/m1/s1. The van der Waals surface area contributed by atoms with Crippen LogP contribution in [0.5, 0.6) is 5.75 Å². The van der Waals surface area contributed by atoms with E-state index in [2.05, 4.69) is 24.1 Å². The van der Waals surface area contributed by atoms with Crippen LogP contribution in [0.25, 0.3) is 11.0 Å². The lowest BCUT2D eigenvalue weighted by Gasteiger charge is -2.36. The normalized spacial score (nSPS) is 17.9. The van der Waals surface area contributed by atoms with Crippen LogP contribution < -0.4 is 10.1 Å². The summed E-state index contributed by atoms with van der Waals surface area (Å²) < 4.78 is 5.27. The van der Waals surface area contributed by atoms with Gasteiger partial charge < -0.3 is 19.9 Å². The second-order valence-electron chi connectivity index (χ2n) is 8.29. The topological polar surface area (TPSA) is 70.2 Å². The molecule has 0 saturated carbocycles. The summed E-state index contributed by atoms with van der Waals surface area (Å²) in [6, 6.07) is 15.8. The highest BCUT2D eigenvalue weighted by Crippen LogP contribution is 2.32. The van der Waals surface area contributed by atoms with Gasteiger partial charge in [0.15, 0.2) is 0 Å². The monoisotopic (exact) mass is 406 g/mol. The quantitative estimate of drug-likeness (QED) is 0.611. The first-order valence-corrected chi connectivity index (χ1v) is 10.7. The summed E-state index contributed by atoms with van der Waals surface area (Å²) in [6.07, 6.45) is 3.03. The Hall–Kier alpha value is -3.02. The van der Waals surface area contributed by atoms with Gasteiger partial charge in [0, 0.05) is 6.54 Å². The van der Waals surface area contributed by atoms with Crippen molar-refractivity contribution in [1.82, 2.24) is 20.2 Å². The zero-order valence-corrected chi connectivity index (χ0v) is 17.9. The van der Waals surface area contributed by atoms with Crippen molar-refractivity contribution < 1.29 is 9.53 Å². The van der Waals surface area contributed by atoms with Crippen LogP contribution in [0, 0.1) is 5.92 Å². The average molecular weight is 407 g/mol. The van der Waals surface area contributed by atoms with E-state index in [9.17, 15) is 4.79 Å². The number of aromatic amines is 1. The van der Waals surface area contributed by atoms with Crippen LogP contribution in [0.1, 0.15) is 56.6 Å². The third kappa shape index (κ3) is 4.13. The maximum absolute atomic E-state index is 13.4. The van der Waals surface area contributed by atoms with Gasteiger partial charge in [0.2, 0.25) is 0 Å². The molecular formula is C24H30N4O2. The number of nitrogens with one attached hydrogen (secondary N) is 2. The molecule has 2 aromatic carbocycles. The molecule has 3 aromatic rings. The average Bonchev–Trinajstić information content (AvgIpc) is 3.21. The van der Waals surface area contributed by atoms with Gasteiger partial charge in [-0.25, -0.2) is 9.78 Å². The first kappa shape index (κ1) is 20.3. The van der Waals surface area contributed by atoms with Crippen molar-refractivity contribution in [2.24, 2.45) is 5.92 Å². The Kier molecular flexibility index (Phi) is 5.93. The number of imidazole rings is 1. The number of nitrogens with zero attached hydrogens (tertiary/aromatic N) is 2. The van der Waals surface area contributed by atoms with E-state index in [-0.39, 0.29) is 24.0 Å². The Balaban J connectivity index is 1.55. The molecule has 1 saturated heterocycles. The van der Waals surface area contributed by atoms with Gasteiger partial charge in [-0.05, 0) is 55.0 Å². The van der Waals surface area contributed by atoms with Crippen molar-refractivity contribution >= 4 is 17.1 Å². The molecule has 2 amide bonds. The van der Waals surface area contributed by atoms with E-state index in [1.165, 1.54) is 0 Å². The van der Waals surface area contributed by atoms with Gasteiger partial charge in [-0.3, -0.25) is 0 Å². The minimum atomic E-state index is -0.0679. The molecule has 0 spiro atoms. The smallest absolute Gasteiger partial charge is 0.318 e. The number of carbonyl (C=O) groups is 1. The van der Waals surface area contributed by atoms with Crippen LogP contribution in [-0.2, 0) is 0 Å². The van der Waals surface area contributed by atoms with Gasteiger partial charge >= 0.3 is 6.03 Å². The lowest BCUT2D eigenvalue weighted by molar-refractivity contribution is 0.142. The van der Waals surface area contributed by atoms with E-state index in [0.29, 0.717) is 0 Å². The zero-order chi connectivity index (χ0) is 21.1. The largest absolute Gasteiger partial charge is 0.497 e. The molecule has 6 heteroatoms. The van der Waals surface area contributed by atoms with Crippen molar-refractivity contribution in [3.05, 3.63) is 59.9 Å². The number of carbonyl (C=O) groups excluding carboxylic acids is 1. The number of ether oxygens (including phenoxy) is 1. The Morgan fingerprint density at radius 1 is 1.17 bits per heavy atom. The van der Waals surface area contributed by atoms with Crippen LogP contribution in [0.4, 0.5) is 4.79 Å². The number of urea groups is 1. The number of hydrogen-bond donors (Lipinski definition) is 2. The van der Waals surface area contributed by atoms with Gasteiger partial charge in [0.25, 0.3) is 0 Å². The number of rotatable bonds is 5. The number of benzene rings is 2. The molecule has 2 N–H and O–H groups in total. The lowest BCUT2D eigenvalue weighted by Crippen LogP contribution is -2.46. The van der Waals surface area contributed by atoms with E-state index in [4.69, 9.17) is 9.72 Å². The molecule has 1 aliphatic rings. The highest BCUT2D eigenvalue weighted by molar-refractivity contribution is 5.77. The van der Waals surface area contributed by atoms with E-state index < -0.39 is 0 Å². The molecule has 1 aromatic heterocycles. The van der Waals surface area contributed by atoms with E-state index >= 15 is 0 Å². The second kappa shape index (κ2) is 8.78. The van der Waals surface area contributed by atoms with E-state index in [1.54, 1.807) is 7.11 Å². The summed E-state index contributed by atoms with van der Waals surface area (Å²) in [6.45, 7) is 4.99. The Bertz CT molecular complexity index is 963. The Labute approximate surface area is 177 Å². The minimum Gasteiger partial charge on any atom is -0.497 e. The summed E-state index contributed by atoms with van der Waals surface area (Å²) in [5.41, 5.74) is 3.03. The van der Waals surface area contributed by atoms with Gasteiger partial charge in [0.1, 0.15) is 11.6 Å². The molecule has 0 aliphatic carbocycles. The summed E-state index contributed by atoms with van der Waals surface area (Å²) in [4.78, 5) is 23.5. The zero-order valence-electron chi connectivity index (χ0n) is 17.9. The first-order chi connectivity index (χ1) is 14.6. The number of piperidine rings is 1. The molecule has 1 aliphatic heterocycles. The van der Waals surface area contributed by atoms with Gasteiger partial charge in [-0.1, -0.05) is 38.1 Å². The molecule has 2 heterocycles. The number of hydrogen-bond acceptors (Lipinski definition) is 3. The van der Waals surface area contributed by atoms with E-state index in [0.717, 1.165) is 54.0 Å². The van der Waals surface area contributed by atoms with Crippen molar-refractivity contribution in [2.45, 2.75) is 45.2 Å². The Morgan fingerprint density at radius 3 is 2.63 bits per heavy atom. The molecule has 4 rings (SSSR count). The SMILES string of the molecule is COc1ccc([C@H](NC(=O)N2CCCC[C@@H]2c2nc3ccccc3[nH]2)C(C)C)cc1. The molecule has 0 bridgehead atoms. The number of fused-ring (bicyclic) bond motifs is 1. The van der Waals surface area contributed by atoms with Crippen molar-refractivity contribution in [1.29, 1.82) is 0 Å². The number of methoxy groups -OCH3 is 1. The number of H-pyrrole nitrogens is 1. The van der Waals surface area contributed by atoms with Crippen LogP contribution in [-0.4, -0.2) is 34.6 Å². The molecule has 1 fully saturated rings. The molecule has 2 atom stereocenters. The van der Waals surface area contributed by atoms with Crippen LogP contribution in [0.15, 0.2) is 48.5 Å². The predicted molar refractivity (Wildman–Crippen MR) is 118 cm³/mol. The number of amides is 2. The Morgan fingerprint density at radius 2 is 1.93 bits per heavy atom. The number of likely N-dealkylation sites (tertiary alicyclic amines) is 1. The number of aromatic nitrogens is 2. The molecule has 6 nitrogen and oxygen atoms in total. The summed E-state index contributed by atoms with van der Waals surface area (Å²) in [7, 11) is 1.66. The fourth-order valence-corrected chi connectivity index (χ4v) is 4.25. The summed E-state index contributed by atoms with van der Waals surface area (Å²) in [5.74, 6) is 1.95. The van der Waals surface area contributed by atoms with Crippen LogP contribution >= 0.6 is 0 Å². The van der Waals surface area contributed by atoms with Crippen molar-refractivity contribution in [2.75, 3.05) is 13.7 Å². The van der Waals surface area contributed by atoms with Crippen LogP contribution in [0.2, 0.25) is 0 Å². The van der Waals surface area contributed by atoms with Gasteiger partial charge in [-0.2, -0.15) is 0 Å². The van der Waals surface area contributed by atoms with Gasteiger partial charge in [-0.15, -0.1) is 0 Å². The maximum atomic E-state index is 13.4. The highest BCUT2D eigenvalue weighted by atomic mass is 16.5.